The van der Waals surface area contributed by atoms with E-state index in [1.54, 1.807) is 13.2 Å². The van der Waals surface area contributed by atoms with Crippen molar-refractivity contribution < 1.29 is 4.52 Å². The first kappa shape index (κ1) is 20.5. The molecule has 0 spiro atoms. The summed E-state index contributed by atoms with van der Waals surface area (Å²) >= 11 is 0. The number of hydrogen-bond acceptors (Lipinski definition) is 6. The lowest BCUT2D eigenvalue weighted by molar-refractivity contribution is 0.420. The standard InChI is InChI=1S/C20H28N8O/c1-14(2)18-15(13-28(5)25-18)12-27(4)20(21-3)23-11-9-17-24-19(29-26-17)16-8-6-7-10-22-16/h6-8,10,13-14H,9,11-12H2,1-5H3,(H,21,23). The molecule has 0 aliphatic carbocycles. The molecule has 0 atom stereocenters. The molecule has 0 unspecified atom stereocenters. The van der Waals surface area contributed by atoms with Crippen LogP contribution in [-0.2, 0) is 20.0 Å². The van der Waals surface area contributed by atoms with Crippen molar-refractivity contribution >= 4 is 5.96 Å². The van der Waals surface area contributed by atoms with Crippen molar-refractivity contribution in [2.75, 3.05) is 20.6 Å². The average molecular weight is 396 g/mol. The summed E-state index contributed by atoms with van der Waals surface area (Å²) in [5, 5.41) is 12.0. The number of aliphatic imine (C=N–C) groups is 1. The average Bonchev–Trinajstić information content (AvgIpc) is 3.32. The number of hydrogen-bond donors (Lipinski definition) is 1. The Balaban J connectivity index is 1.55. The van der Waals surface area contributed by atoms with E-state index in [4.69, 9.17) is 4.52 Å². The Kier molecular flexibility index (Phi) is 6.58. The monoisotopic (exact) mass is 396 g/mol. The summed E-state index contributed by atoms with van der Waals surface area (Å²) in [5.74, 6) is 2.24. The van der Waals surface area contributed by atoms with Gasteiger partial charge in [-0.25, -0.2) is 0 Å². The minimum absolute atomic E-state index is 0.376. The van der Waals surface area contributed by atoms with Crippen LogP contribution in [0.3, 0.4) is 0 Å². The highest BCUT2D eigenvalue weighted by molar-refractivity contribution is 5.79. The van der Waals surface area contributed by atoms with Crippen LogP contribution in [0.5, 0.6) is 0 Å². The number of pyridine rings is 1. The topological polar surface area (TPSA) is 97.3 Å². The summed E-state index contributed by atoms with van der Waals surface area (Å²) in [6.07, 6.45) is 4.39. The minimum atomic E-state index is 0.376. The van der Waals surface area contributed by atoms with Crippen molar-refractivity contribution in [3.8, 4) is 11.6 Å². The molecule has 0 aromatic carbocycles. The van der Waals surface area contributed by atoms with E-state index in [-0.39, 0.29) is 0 Å². The molecule has 3 aromatic heterocycles. The molecule has 3 aromatic rings. The highest BCUT2D eigenvalue weighted by Crippen LogP contribution is 2.18. The zero-order chi connectivity index (χ0) is 20.8. The molecule has 0 saturated heterocycles. The number of guanidine groups is 1. The van der Waals surface area contributed by atoms with Crippen LogP contribution in [0.1, 0.15) is 36.8 Å². The van der Waals surface area contributed by atoms with Gasteiger partial charge >= 0.3 is 0 Å². The van der Waals surface area contributed by atoms with E-state index in [1.807, 2.05) is 37.0 Å². The van der Waals surface area contributed by atoms with Gasteiger partial charge in [0.05, 0.1) is 5.69 Å². The highest BCUT2D eigenvalue weighted by atomic mass is 16.5. The van der Waals surface area contributed by atoms with Crippen LogP contribution < -0.4 is 5.32 Å². The van der Waals surface area contributed by atoms with Crippen LogP contribution in [0.15, 0.2) is 40.1 Å². The van der Waals surface area contributed by atoms with Crippen molar-refractivity contribution in [3.63, 3.8) is 0 Å². The fourth-order valence-electron chi connectivity index (χ4n) is 3.11. The Morgan fingerprint density at radius 1 is 1.34 bits per heavy atom. The van der Waals surface area contributed by atoms with E-state index in [2.05, 4.69) is 55.5 Å². The van der Waals surface area contributed by atoms with Gasteiger partial charge in [0.2, 0.25) is 0 Å². The second-order valence-electron chi connectivity index (χ2n) is 7.18. The van der Waals surface area contributed by atoms with E-state index in [0.717, 1.165) is 18.2 Å². The molecular weight excluding hydrogens is 368 g/mol. The molecule has 0 aliphatic heterocycles. The van der Waals surface area contributed by atoms with Crippen molar-refractivity contribution in [2.24, 2.45) is 12.0 Å². The minimum Gasteiger partial charge on any atom is -0.356 e. The quantitative estimate of drug-likeness (QED) is 0.483. The van der Waals surface area contributed by atoms with E-state index in [9.17, 15) is 0 Å². The molecule has 1 N–H and O–H groups in total. The van der Waals surface area contributed by atoms with Crippen LogP contribution in [0.25, 0.3) is 11.6 Å². The van der Waals surface area contributed by atoms with Gasteiger partial charge in [-0.15, -0.1) is 0 Å². The first-order valence-electron chi connectivity index (χ1n) is 9.66. The van der Waals surface area contributed by atoms with Crippen LogP contribution in [0, 0.1) is 0 Å². The zero-order valence-corrected chi connectivity index (χ0v) is 17.6. The van der Waals surface area contributed by atoms with Crippen LogP contribution >= 0.6 is 0 Å². The lowest BCUT2D eigenvalue weighted by Crippen LogP contribution is -2.39. The molecule has 0 amide bonds. The van der Waals surface area contributed by atoms with Gasteiger partial charge in [-0.1, -0.05) is 25.1 Å². The Morgan fingerprint density at radius 2 is 2.17 bits per heavy atom. The zero-order valence-electron chi connectivity index (χ0n) is 17.6. The smallest absolute Gasteiger partial charge is 0.276 e. The summed E-state index contributed by atoms with van der Waals surface area (Å²) in [6.45, 7) is 5.68. The number of nitrogens with zero attached hydrogens (tertiary/aromatic N) is 7. The van der Waals surface area contributed by atoms with Crippen LogP contribution in [0.4, 0.5) is 0 Å². The summed E-state index contributed by atoms with van der Waals surface area (Å²) in [5.41, 5.74) is 2.99. The Morgan fingerprint density at radius 3 is 2.86 bits per heavy atom. The van der Waals surface area contributed by atoms with Crippen molar-refractivity contribution in [3.05, 3.63) is 47.7 Å². The molecule has 29 heavy (non-hydrogen) atoms. The molecular formula is C20H28N8O. The van der Waals surface area contributed by atoms with Gasteiger partial charge in [0.15, 0.2) is 11.8 Å². The number of rotatable bonds is 7. The van der Waals surface area contributed by atoms with Crippen LogP contribution in [0.2, 0.25) is 0 Å². The van der Waals surface area contributed by atoms with Crippen molar-refractivity contribution in [1.82, 2.24) is 35.1 Å². The van der Waals surface area contributed by atoms with Gasteiger partial charge in [0, 0.05) is 58.6 Å². The van der Waals surface area contributed by atoms with Gasteiger partial charge in [0.1, 0.15) is 5.69 Å². The molecule has 3 rings (SSSR count). The highest BCUT2D eigenvalue weighted by Gasteiger charge is 2.15. The normalized spacial score (nSPS) is 11.9. The second kappa shape index (κ2) is 9.31. The van der Waals surface area contributed by atoms with Gasteiger partial charge in [-0.05, 0) is 18.1 Å². The third-order valence-electron chi connectivity index (χ3n) is 4.45. The molecule has 0 fully saturated rings. The van der Waals surface area contributed by atoms with E-state index in [1.165, 1.54) is 5.56 Å². The molecule has 0 radical (unpaired) electrons. The van der Waals surface area contributed by atoms with Crippen molar-refractivity contribution in [2.45, 2.75) is 32.7 Å². The number of aromatic nitrogens is 5. The summed E-state index contributed by atoms with van der Waals surface area (Å²) in [4.78, 5) is 15.1. The molecule has 3 heterocycles. The van der Waals surface area contributed by atoms with Gasteiger partial charge in [-0.3, -0.25) is 14.7 Å². The van der Waals surface area contributed by atoms with Gasteiger partial charge in [-0.2, -0.15) is 10.1 Å². The molecule has 0 saturated carbocycles. The summed E-state index contributed by atoms with van der Waals surface area (Å²) in [6, 6.07) is 5.58. The largest absolute Gasteiger partial charge is 0.356 e. The molecule has 9 heteroatoms. The van der Waals surface area contributed by atoms with Gasteiger partial charge in [0.25, 0.3) is 5.89 Å². The predicted molar refractivity (Wildman–Crippen MR) is 111 cm³/mol. The first-order valence-corrected chi connectivity index (χ1v) is 9.66. The maximum absolute atomic E-state index is 5.30. The Hall–Kier alpha value is -3.23. The molecule has 154 valence electrons. The lowest BCUT2D eigenvalue weighted by atomic mass is 10.1. The Bertz CT molecular complexity index is 945. The predicted octanol–water partition coefficient (Wildman–Crippen LogP) is 2.24. The SMILES string of the molecule is CN=C(NCCc1noc(-c2ccccn2)n1)N(C)Cc1cn(C)nc1C(C)C. The van der Waals surface area contributed by atoms with Gasteiger partial charge < -0.3 is 14.7 Å². The first-order chi connectivity index (χ1) is 14.0. The summed E-state index contributed by atoms with van der Waals surface area (Å²) < 4.78 is 7.16. The lowest BCUT2D eigenvalue weighted by Gasteiger charge is -2.22. The third kappa shape index (κ3) is 5.18. The summed E-state index contributed by atoms with van der Waals surface area (Å²) in [7, 11) is 5.74. The number of aryl methyl sites for hydroxylation is 1. The maximum Gasteiger partial charge on any atom is 0.276 e. The van der Waals surface area contributed by atoms with E-state index in [0.29, 0.717) is 36.3 Å². The fraction of sp³-hybridized carbons (Fsp3) is 0.450. The number of nitrogens with one attached hydrogen (secondary N) is 1. The molecule has 0 aliphatic rings. The maximum atomic E-state index is 5.30. The Labute approximate surface area is 170 Å². The molecule has 9 nitrogen and oxygen atoms in total. The second-order valence-corrected chi connectivity index (χ2v) is 7.18. The fourth-order valence-corrected chi connectivity index (χ4v) is 3.11. The third-order valence-corrected chi connectivity index (χ3v) is 4.45. The van der Waals surface area contributed by atoms with E-state index >= 15 is 0 Å². The van der Waals surface area contributed by atoms with Crippen LogP contribution in [-0.4, -0.2) is 56.4 Å². The van der Waals surface area contributed by atoms with E-state index < -0.39 is 0 Å². The molecule has 0 bridgehead atoms. The van der Waals surface area contributed by atoms with Crippen molar-refractivity contribution in [1.29, 1.82) is 0 Å².